The molecule has 1 aromatic heterocycles. The Hall–Kier alpha value is -2.88. The molecule has 1 aliphatic heterocycles. The number of aromatic nitrogens is 1. The fraction of sp³-hybridized carbons (Fsp3) is 0.273. The molecule has 0 N–H and O–H groups in total. The van der Waals surface area contributed by atoms with E-state index in [9.17, 15) is 9.59 Å². The maximum atomic E-state index is 13.1. The summed E-state index contributed by atoms with van der Waals surface area (Å²) in [4.78, 5) is 27.7. The molecule has 2 heterocycles. The predicted octanol–water partition coefficient (Wildman–Crippen LogP) is 3.84. The van der Waals surface area contributed by atoms with Gasteiger partial charge in [0.05, 0.1) is 5.52 Å². The van der Waals surface area contributed by atoms with Crippen LogP contribution in [0.4, 0.5) is 5.69 Å². The van der Waals surface area contributed by atoms with Gasteiger partial charge in [0.15, 0.2) is 0 Å². The molecule has 1 amide bonds. The maximum absolute atomic E-state index is 13.1. The third-order valence-corrected chi connectivity index (χ3v) is 5.44. The summed E-state index contributed by atoms with van der Waals surface area (Å²) in [5, 5.41) is 0.640. The van der Waals surface area contributed by atoms with Crippen LogP contribution in [-0.4, -0.2) is 17.5 Å². The summed E-state index contributed by atoms with van der Waals surface area (Å²) in [6.07, 6.45) is 3.75. The number of carbonyl (C=O) groups is 1. The monoisotopic (exact) mass is 346 g/mol. The van der Waals surface area contributed by atoms with E-state index in [1.165, 1.54) is 11.1 Å². The Kier molecular flexibility index (Phi) is 3.91. The van der Waals surface area contributed by atoms with E-state index in [-0.39, 0.29) is 16.9 Å². The maximum Gasteiger partial charge on any atom is 0.263 e. The number of amides is 1. The van der Waals surface area contributed by atoms with Gasteiger partial charge in [0.2, 0.25) is 5.43 Å². The van der Waals surface area contributed by atoms with Gasteiger partial charge in [-0.05, 0) is 61.6 Å². The molecule has 2 aromatic carbocycles. The molecular formula is C22H22N2O2. The van der Waals surface area contributed by atoms with E-state index in [0.717, 1.165) is 36.2 Å². The van der Waals surface area contributed by atoms with E-state index in [4.69, 9.17) is 0 Å². The SMILES string of the molecule is Cc1ccc(N(C)C(=O)c2cn3c4c(cccc4c2=O)CCC3)cc1C. The Bertz CT molecular complexity index is 1100. The number of nitrogens with zero attached hydrogens (tertiary/aromatic N) is 2. The van der Waals surface area contributed by atoms with Gasteiger partial charge in [0.1, 0.15) is 5.56 Å². The number of hydrogen-bond acceptors (Lipinski definition) is 2. The highest BCUT2D eigenvalue weighted by molar-refractivity contribution is 6.07. The third kappa shape index (κ3) is 2.53. The highest BCUT2D eigenvalue weighted by atomic mass is 16.2. The summed E-state index contributed by atoms with van der Waals surface area (Å²) in [6, 6.07) is 11.7. The minimum atomic E-state index is -0.264. The van der Waals surface area contributed by atoms with E-state index in [0.29, 0.717) is 5.39 Å². The second-order valence-corrected chi connectivity index (χ2v) is 7.11. The number of rotatable bonds is 2. The van der Waals surface area contributed by atoms with Crippen molar-refractivity contribution in [3.8, 4) is 0 Å². The first-order valence-corrected chi connectivity index (χ1v) is 8.97. The molecule has 1 aliphatic rings. The zero-order valence-corrected chi connectivity index (χ0v) is 15.4. The van der Waals surface area contributed by atoms with Crippen molar-refractivity contribution >= 4 is 22.5 Å². The molecule has 0 bridgehead atoms. The van der Waals surface area contributed by atoms with Gasteiger partial charge < -0.3 is 9.47 Å². The van der Waals surface area contributed by atoms with Gasteiger partial charge in [-0.25, -0.2) is 0 Å². The fourth-order valence-corrected chi connectivity index (χ4v) is 3.74. The van der Waals surface area contributed by atoms with Crippen LogP contribution < -0.4 is 10.3 Å². The van der Waals surface area contributed by atoms with Crippen molar-refractivity contribution in [2.24, 2.45) is 0 Å². The van der Waals surface area contributed by atoms with Crippen LogP contribution in [0.25, 0.3) is 10.9 Å². The Morgan fingerprint density at radius 2 is 1.92 bits per heavy atom. The standard InChI is InChI=1S/C22H22N2O2/c1-14-9-10-17(12-15(14)2)23(3)22(26)19-13-24-11-5-7-16-6-4-8-18(20(16)24)21(19)25/h4,6,8-10,12-13H,5,7,11H2,1-3H3. The summed E-state index contributed by atoms with van der Waals surface area (Å²) in [7, 11) is 1.72. The van der Waals surface area contributed by atoms with Crippen LogP contribution in [0.3, 0.4) is 0 Å². The number of anilines is 1. The highest BCUT2D eigenvalue weighted by Crippen LogP contribution is 2.24. The first-order chi connectivity index (χ1) is 12.5. The summed E-state index contributed by atoms with van der Waals surface area (Å²) >= 11 is 0. The van der Waals surface area contributed by atoms with E-state index in [1.807, 2.05) is 44.2 Å². The molecule has 0 atom stereocenters. The molecule has 26 heavy (non-hydrogen) atoms. The van der Waals surface area contributed by atoms with Crippen molar-refractivity contribution in [1.82, 2.24) is 4.57 Å². The molecule has 0 aliphatic carbocycles. The van der Waals surface area contributed by atoms with Crippen LogP contribution >= 0.6 is 0 Å². The number of para-hydroxylation sites is 1. The summed E-state index contributed by atoms with van der Waals surface area (Å²) in [5.41, 5.74) is 5.32. The quantitative estimate of drug-likeness (QED) is 0.707. The van der Waals surface area contributed by atoms with E-state index < -0.39 is 0 Å². The molecule has 0 radical (unpaired) electrons. The van der Waals surface area contributed by atoms with E-state index in [2.05, 4.69) is 10.6 Å². The van der Waals surface area contributed by atoms with Crippen LogP contribution in [0.15, 0.2) is 47.4 Å². The lowest BCUT2D eigenvalue weighted by Gasteiger charge is -2.23. The molecule has 0 unspecified atom stereocenters. The number of hydrogen-bond donors (Lipinski definition) is 0. The fourth-order valence-electron chi connectivity index (χ4n) is 3.74. The van der Waals surface area contributed by atoms with Gasteiger partial charge in [0, 0.05) is 30.9 Å². The smallest absolute Gasteiger partial charge is 0.263 e. The Morgan fingerprint density at radius 3 is 2.69 bits per heavy atom. The van der Waals surface area contributed by atoms with E-state index in [1.54, 1.807) is 18.1 Å². The summed E-state index contributed by atoms with van der Waals surface area (Å²) in [5.74, 6) is -0.264. The van der Waals surface area contributed by atoms with Crippen molar-refractivity contribution in [3.63, 3.8) is 0 Å². The second kappa shape index (κ2) is 6.13. The predicted molar refractivity (Wildman–Crippen MR) is 105 cm³/mol. The Labute approximate surface area is 152 Å². The largest absolute Gasteiger partial charge is 0.346 e. The summed E-state index contributed by atoms with van der Waals surface area (Å²) in [6.45, 7) is 4.90. The zero-order valence-electron chi connectivity index (χ0n) is 15.4. The lowest BCUT2D eigenvalue weighted by Crippen LogP contribution is -2.32. The van der Waals surface area contributed by atoms with Gasteiger partial charge >= 0.3 is 0 Å². The van der Waals surface area contributed by atoms with Gasteiger partial charge in [-0.3, -0.25) is 9.59 Å². The van der Waals surface area contributed by atoms with Crippen LogP contribution in [0, 0.1) is 13.8 Å². The van der Waals surface area contributed by atoms with Crippen molar-refractivity contribution in [3.05, 3.63) is 75.1 Å². The molecule has 4 heteroatoms. The van der Waals surface area contributed by atoms with Crippen LogP contribution in [0.2, 0.25) is 0 Å². The third-order valence-electron chi connectivity index (χ3n) is 5.44. The number of aryl methyl sites for hydroxylation is 4. The Balaban J connectivity index is 1.84. The molecule has 132 valence electrons. The van der Waals surface area contributed by atoms with Gasteiger partial charge in [-0.1, -0.05) is 18.2 Å². The molecule has 0 saturated carbocycles. The average Bonchev–Trinajstić information content (AvgIpc) is 2.65. The van der Waals surface area contributed by atoms with Crippen molar-refractivity contribution in [1.29, 1.82) is 0 Å². The lowest BCUT2D eigenvalue weighted by molar-refractivity contribution is 0.0991. The van der Waals surface area contributed by atoms with Crippen molar-refractivity contribution < 1.29 is 4.79 Å². The first-order valence-electron chi connectivity index (χ1n) is 8.97. The highest BCUT2D eigenvalue weighted by Gasteiger charge is 2.22. The van der Waals surface area contributed by atoms with Crippen molar-refractivity contribution in [2.75, 3.05) is 11.9 Å². The molecule has 0 fully saturated rings. The molecule has 3 aromatic rings. The minimum Gasteiger partial charge on any atom is -0.346 e. The Morgan fingerprint density at radius 1 is 1.12 bits per heavy atom. The molecule has 0 saturated heterocycles. The van der Waals surface area contributed by atoms with Gasteiger partial charge in [-0.2, -0.15) is 0 Å². The van der Waals surface area contributed by atoms with Crippen LogP contribution in [0.1, 0.15) is 33.5 Å². The molecule has 0 spiro atoms. The lowest BCUT2D eigenvalue weighted by atomic mass is 9.99. The first kappa shape index (κ1) is 16.6. The molecule has 4 rings (SSSR count). The van der Waals surface area contributed by atoms with E-state index >= 15 is 0 Å². The topological polar surface area (TPSA) is 42.3 Å². The average molecular weight is 346 g/mol. The van der Waals surface area contributed by atoms with Gasteiger partial charge in [-0.15, -0.1) is 0 Å². The second-order valence-electron chi connectivity index (χ2n) is 7.11. The minimum absolute atomic E-state index is 0.180. The zero-order chi connectivity index (χ0) is 18.4. The van der Waals surface area contributed by atoms with Crippen LogP contribution in [-0.2, 0) is 13.0 Å². The summed E-state index contributed by atoms with van der Waals surface area (Å²) < 4.78 is 2.07. The van der Waals surface area contributed by atoms with Gasteiger partial charge in [0.25, 0.3) is 5.91 Å². The molecular weight excluding hydrogens is 324 g/mol. The number of carbonyl (C=O) groups excluding carboxylic acids is 1. The number of pyridine rings is 1. The number of benzene rings is 2. The normalized spacial score (nSPS) is 13.0. The van der Waals surface area contributed by atoms with Crippen molar-refractivity contribution in [2.45, 2.75) is 33.2 Å². The molecule has 4 nitrogen and oxygen atoms in total. The van der Waals surface area contributed by atoms with Crippen LogP contribution in [0.5, 0.6) is 0 Å².